The van der Waals surface area contributed by atoms with E-state index in [-0.39, 0.29) is 18.7 Å². The van der Waals surface area contributed by atoms with E-state index in [1.54, 1.807) is 0 Å². The first-order valence-corrected chi connectivity index (χ1v) is 8.28. The van der Waals surface area contributed by atoms with Gasteiger partial charge in [-0.3, -0.25) is 0 Å². The second-order valence-electron chi connectivity index (χ2n) is 6.17. The maximum Gasteiger partial charge on any atom is 0.0626 e. The first kappa shape index (κ1) is 17.5. The molecule has 0 bridgehead atoms. The number of nitrogens with zero attached hydrogens (tertiary/aromatic N) is 1. The van der Waals surface area contributed by atoms with Gasteiger partial charge in [-0.2, -0.15) is 0 Å². The third-order valence-corrected chi connectivity index (χ3v) is 4.31. The molecule has 0 saturated heterocycles. The summed E-state index contributed by atoms with van der Waals surface area (Å²) < 4.78 is 0. The number of para-hydroxylation sites is 1. The molecule has 0 fully saturated rings. The number of hydrogen-bond acceptors (Lipinski definition) is 3. The number of anilines is 1. The summed E-state index contributed by atoms with van der Waals surface area (Å²) in [7, 11) is 4.11. The third-order valence-electron chi connectivity index (χ3n) is 4.31. The van der Waals surface area contributed by atoms with Crippen molar-refractivity contribution in [2.45, 2.75) is 32.4 Å². The van der Waals surface area contributed by atoms with Gasteiger partial charge in [-0.05, 0) is 36.1 Å². The van der Waals surface area contributed by atoms with Crippen LogP contribution in [-0.4, -0.2) is 25.8 Å². The summed E-state index contributed by atoms with van der Waals surface area (Å²) in [5, 5.41) is 13.4. The van der Waals surface area contributed by atoms with Crippen LogP contribution in [-0.2, 0) is 6.42 Å². The predicted octanol–water partition coefficient (Wildman–Crippen LogP) is 3.70. The molecule has 2 atom stereocenters. The van der Waals surface area contributed by atoms with Crippen LogP contribution in [0.15, 0.2) is 48.5 Å². The minimum atomic E-state index is -0.0638. The molecule has 0 heterocycles. The average molecular weight is 312 g/mol. The Bertz CT molecular complexity index is 607. The molecule has 2 unspecified atom stereocenters. The summed E-state index contributed by atoms with van der Waals surface area (Å²) in [4.78, 5) is 2.12. The lowest BCUT2D eigenvalue weighted by Crippen LogP contribution is -2.28. The van der Waals surface area contributed by atoms with Crippen molar-refractivity contribution in [1.29, 1.82) is 0 Å². The number of benzene rings is 2. The number of nitrogens with one attached hydrogen (secondary N) is 1. The van der Waals surface area contributed by atoms with Crippen molar-refractivity contribution in [2.24, 2.45) is 0 Å². The fourth-order valence-corrected chi connectivity index (χ4v) is 2.89. The molecule has 2 rings (SSSR count). The minimum absolute atomic E-state index is 0.0638. The third kappa shape index (κ3) is 4.34. The highest BCUT2D eigenvalue weighted by Gasteiger charge is 2.17. The van der Waals surface area contributed by atoms with Gasteiger partial charge in [-0.15, -0.1) is 0 Å². The van der Waals surface area contributed by atoms with Crippen LogP contribution in [0.1, 0.15) is 42.6 Å². The van der Waals surface area contributed by atoms with E-state index in [0.717, 1.165) is 12.0 Å². The summed E-state index contributed by atoms with van der Waals surface area (Å²) in [5.41, 5.74) is 4.88. The fraction of sp³-hybridized carbons (Fsp3) is 0.400. The second kappa shape index (κ2) is 8.14. The molecule has 2 aromatic rings. The van der Waals surface area contributed by atoms with E-state index in [1.165, 1.54) is 16.8 Å². The van der Waals surface area contributed by atoms with E-state index in [4.69, 9.17) is 0 Å². The van der Waals surface area contributed by atoms with Crippen molar-refractivity contribution >= 4 is 5.69 Å². The average Bonchev–Trinajstić information content (AvgIpc) is 2.59. The highest BCUT2D eigenvalue weighted by Crippen LogP contribution is 2.27. The van der Waals surface area contributed by atoms with Crippen molar-refractivity contribution in [3.05, 3.63) is 65.2 Å². The fourth-order valence-electron chi connectivity index (χ4n) is 2.89. The van der Waals surface area contributed by atoms with E-state index in [1.807, 2.05) is 0 Å². The van der Waals surface area contributed by atoms with Gasteiger partial charge in [0.15, 0.2) is 0 Å². The van der Waals surface area contributed by atoms with Crippen molar-refractivity contribution < 1.29 is 5.11 Å². The molecule has 124 valence electrons. The Morgan fingerprint density at radius 3 is 2.26 bits per heavy atom. The Balaban J connectivity index is 2.18. The van der Waals surface area contributed by atoms with Crippen LogP contribution in [0.25, 0.3) is 0 Å². The SMILES string of the molecule is CCc1ccc(C(CO)NC(C)c2ccccc2N(C)C)cc1. The second-order valence-corrected chi connectivity index (χ2v) is 6.17. The molecule has 2 aromatic carbocycles. The van der Waals surface area contributed by atoms with Gasteiger partial charge in [0.2, 0.25) is 0 Å². The first-order chi connectivity index (χ1) is 11.1. The standard InChI is InChI=1S/C20H28N2O/c1-5-16-10-12-17(13-11-16)19(14-23)21-15(2)18-8-6-7-9-20(18)22(3)4/h6-13,15,19,21,23H,5,14H2,1-4H3. The van der Waals surface area contributed by atoms with Crippen LogP contribution in [0, 0.1) is 0 Å². The van der Waals surface area contributed by atoms with Crippen LogP contribution in [0.3, 0.4) is 0 Å². The summed E-state index contributed by atoms with van der Waals surface area (Å²) in [5.74, 6) is 0. The molecule has 0 aliphatic heterocycles. The van der Waals surface area contributed by atoms with E-state index in [0.29, 0.717) is 0 Å². The monoisotopic (exact) mass is 312 g/mol. The van der Waals surface area contributed by atoms with E-state index < -0.39 is 0 Å². The lowest BCUT2D eigenvalue weighted by Gasteiger charge is -2.26. The highest BCUT2D eigenvalue weighted by molar-refractivity contribution is 5.53. The van der Waals surface area contributed by atoms with Crippen LogP contribution < -0.4 is 10.2 Å². The van der Waals surface area contributed by atoms with Crippen LogP contribution in [0.5, 0.6) is 0 Å². The maximum absolute atomic E-state index is 9.81. The molecule has 0 aliphatic rings. The van der Waals surface area contributed by atoms with E-state index in [2.05, 4.69) is 86.7 Å². The van der Waals surface area contributed by atoms with Gasteiger partial charge < -0.3 is 15.3 Å². The van der Waals surface area contributed by atoms with Crippen LogP contribution in [0.4, 0.5) is 5.69 Å². The summed E-state index contributed by atoms with van der Waals surface area (Å²) in [6, 6.07) is 17.0. The molecule has 3 heteroatoms. The lowest BCUT2D eigenvalue weighted by molar-refractivity contribution is 0.235. The Kier molecular flexibility index (Phi) is 6.20. The molecule has 0 aromatic heterocycles. The van der Waals surface area contributed by atoms with Crippen molar-refractivity contribution in [3.8, 4) is 0 Å². The number of rotatable bonds is 7. The number of aryl methyl sites for hydroxylation is 1. The Hall–Kier alpha value is -1.84. The zero-order chi connectivity index (χ0) is 16.8. The molecule has 0 amide bonds. The summed E-state index contributed by atoms with van der Waals surface area (Å²) in [6.07, 6.45) is 1.03. The Morgan fingerprint density at radius 2 is 1.70 bits per heavy atom. The van der Waals surface area contributed by atoms with Crippen molar-refractivity contribution in [2.75, 3.05) is 25.6 Å². The van der Waals surface area contributed by atoms with Gasteiger partial charge in [0.25, 0.3) is 0 Å². The van der Waals surface area contributed by atoms with Crippen molar-refractivity contribution in [1.82, 2.24) is 5.32 Å². The molecule has 0 aliphatic carbocycles. The quantitative estimate of drug-likeness (QED) is 0.818. The van der Waals surface area contributed by atoms with E-state index in [9.17, 15) is 5.11 Å². The first-order valence-electron chi connectivity index (χ1n) is 8.28. The molecular formula is C20H28N2O. The Morgan fingerprint density at radius 1 is 1.04 bits per heavy atom. The predicted molar refractivity (Wildman–Crippen MR) is 98.0 cm³/mol. The van der Waals surface area contributed by atoms with Crippen molar-refractivity contribution in [3.63, 3.8) is 0 Å². The van der Waals surface area contributed by atoms with Crippen LogP contribution in [0.2, 0.25) is 0 Å². The molecule has 0 radical (unpaired) electrons. The number of hydrogen-bond donors (Lipinski definition) is 2. The number of aliphatic hydroxyl groups excluding tert-OH is 1. The molecular weight excluding hydrogens is 284 g/mol. The van der Waals surface area contributed by atoms with Gasteiger partial charge in [0.05, 0.1) is 12.6 Å². The molecule has 23 heavy (non-hydrogen) atoms. The normalized spacial score (nSPS) is 13.6. The van der Waals surface area contributed by atoms with Gasteiger partial charge in [0.1, 0.15) is 0 Å². The summed E-state index contributed by atoms with van der Waals surface area (Å²) in [6.45, 7) is 4.38. The smallest absolute Gasteiger partial charge is 0.0626 e. The molecule has 3 nitrogen and oxygen atoms in total. The zero-order valence-corrected chi connectivity index (χ0v) is 14.6. The van der Waals surface area contributed by atoms with Gasteiger partial charge in [-0.25, -0.2) is 0 Å². The maximum atomic E-state index is 9.81. The molecule has 2 N–H and O–H groups in total. The zero-order valence-electron chi connectivity index (χ0n) is 14.6. The van der Waals surface area contributed by atoms with Gasteiger partial charge in [-0.1, -0.05) is 49.4 Å². The number of aliphatic hydroxyl groups is 1. The van der Waals surface area contributed by atoms with Crippen LogP contribution >= 0.6 is 0 Å². The van der Waals surface area contributed by atoms with Gasteiger partial charge in [0, 0.05) is 25.8 Å². The highest BCUT2D eigenvalue weighted by atomic mass is 16.3. The molecule has 0 spiro atoms. The van der Waals surface area contributed by atoms with E-state index >= 15 is 0 Å². The lowest BCUT2D eigenvalue weighted by atomic mass is 10.0. The molecule has 0 saturated carbocycles. The largest absolute Gasteiger partial charge is 0.394 e. The topological polar surface area (TPSA) is 35.5 Å². The Labute approximate surface area is 140 Å². The summed E-state index contributed by atoms with van der Waals surface area (Å²) >= 11 is 0. The van der Waals surface area contributed by atoms with Gasteiger partial charge >= 0.3 is 0 Å². The minimum Gasteiger partial charge on any atom is -0.394 e.